The van der Waals surface area contributed by atoms with Crippen LogP contribution >= 0.6 is 11.6 Å². The molecule has 2 fully saturated rings. The first-order valence-corrected chi connectivity index (χ1v) is 6.81. The number of pyridine rings is 1. The molecular weight excluding hydrogens is 250 g/mol. The highest BCUT2D eigenvalue weighted by molar-refractivity contribution is 6.29. The van der Waals surface area contributed by atoms with E-state index in [1.807, 2.05) is 13.0 Å². The van der Waals surface area contributed by atoms with E-state index < -0.39 is 0 Å². The number of piperazine rings is 1. The van der Waals surface area contributed by atoms with E-state index in [2.05, 4.69) is 20.9 Å². The van der Waals surface area contributed by atoms with Gasteiger partial charge in [0.25, 0.3) is 0 Å². The van der Waals surface area contributed by atoms with Gasteiger partial charge in [0.2, 0.25) is 0 Å². The molecule has 1 aromatic heterocycles. The van der Waals surface area contributed by atoms with Crippen molar-refractivity contribution in [2.24, 2.45) is 0 Å². The zero-order valence-electron chi connectivity index (χ0n) is 10.6. The minimum absolute atomic E-state index is 0.583. The molecule has 2 saturated heterocycles. The van der Waals surface area contributed by atoms with Crippen molar-refractivity contribution < 1.29 is 4.74 Å². The third-order valence-corrected chi connectivity index (χ3v) is 3.92. The van der Waals surface area contributed by atoms with Crippen molar-refractivity contribution >= 4 is 17.3 Å². The van der Waals surface area contributed by atoms with Gasteiger partial charge in [-0.15, -0.1) is 0 Å². The van der Waals surface area contributed by atoms with Crippen LogP contribution in [0.3, 0.4) is 0 Å². The molecule has 0 atom stereocenters. The summed E-state index contributed by atoms with van der Waals surface area (Å²) in [5.41, 5.74) is 2.17. The van der Waals surface area contributed by atoms with Crippen LogP contribution in [0, 0.1) is 6.92 Å². The number of halogens is 1. The Balaban J connectivity index is 1.64. The highest BCUT2D eigenvalue weighted by Gasteiger charge is 2.28. The zero-order chi connectivity index (χ0) is 12.5. The van der Waals surface area contributed by atoms with Crippen LogP contribution in [-0.4, -0.2) is 55.3 Å². The molecule has 1 aromatic rings. The molecule has 98 valence electrons. The summed E-state index contributed by atoms with van der Waals surface area (Å²) in [5.74, 6) is 0. The van der Waals surface area contributed by atoms with Crippen molar-refractivity contribution in [3.05, 3.63) is 23.0 Å². The average molecular weight is 268 g/mol. The van der Waals surface area contributed by atoms with Gasteiger partial charge >= 0.3 is 0 Å². The number of nitrogens with zero attached hydrogens (tertiary/aromatic N) is 3. The Morgan fingerprint density at radius 3 is 2.50 bits per heavy atom. The molecule has 4 nitrogen and oxygen atoms in total. The van der Waals surface area contributed by atoms with Crippen LogP contribution in [0.1, 0.15) is 5.69 Å². The van der Waals surface area contributed by atoms with Crippen molar-refractivity contribution in [1.29, 1.82) is 0 Å². The lowest BCUT2D eigenvalue weighted by atomic mass is 10.1. The maximum absolute atomic E-state index is 6.02. The molecule has 5 heteroatoms. The molecule has 0 aromatic carbocycles. The van der Waals surface area contributed by atoms with Crippen molar-refractivity contribution in [2.45, 2.75) is 13.0 Å². The monoisotopic (exact) mass is 267 g/mol. The fourth-order valence-electron chi connectivity index (χ4n) is 2.57. The molecule has 2 aliphatic heterocycles. The molecule has 0 bridgehead atoms. The number of hydrogen-bond donors (Lipinski definition) is 0. The van der Waals surface area contributed by atoms with Crippen LogP contribution in [0.25, 0.3) is 0 Å². The van der Waals surface area contributed by atoms with Gasteiger partial charge in [-0.1, -0.05) is 11.6 Å². The summed E-state index contributed by atoms with van der Waals surface area (Å²) in [6, 6.07) is 4.71. The zero-order valence-corrected chi connectivity index (χ0v) is 11.4. The second kappa shape index (κ2) is 5.03. The van der Waals surface area contributed by atoms with Crippen LogP contribution in [0.5, 0.6) is 0 Å². The summed E-state index contributed by atoms with van der Waals surface area (Å²) in [6.07, 6.45) is 0. The highest BCUT2D eigenvalue weighted by Crippen LogP contribution is 2.22. The van der Waals surface area contributed by atoms with Gasteiger partial charge in [0.1, 0.15) is 5.15 Å². The van der Waals surface area contributed by atoms with Gasteiger partial charge in [-0.05, 0) is 19.1 Å². The van der Waals surface area contributed by atoms with Crippen molar-refractivity contribution in [2.75, 3.05) is 44.3 Å². The Morgan fingerprint density at radius 1 is 1.22 bits per heavy atom. The SMILES string of the molecule is Cc1cc(N2CCN(C3COC3)CC2)cc(Cl)n1. The van der Waals surface area contributed by atoms with E-state index >= 15 is 0 Å². The summed E-state index contributed by atoms with van der Waals surface area (Å²) in [6.45, 7) is 8.10. The first-order chi connectivity index (χ1) is 8.72. The predicted molar refractivity (Wildman–Crippen MR) is 72.4 cm³/mol. The van der Waals surface area contributed by atoms with Gasteiger partial charge in [0, 0.05) is 37.6 Å². The summed E-state index contributed by atoms with van der Waals surface area (Å²) >= 11 is 6.02. The standard InChI is InChI=1S/C13H18ClN3O/c1-10-6-11(7-13(14)15-10)16-2-4-17(5-3-16)12-8-18-9-12/h6-7,12H,2-5,8-9H2,1H3. The van der Waals surface area contributed by atoms with Gasteiger partial charge in [-0.2, -0.15) is 0 Å². The summed E-state index contributed by atoms with van der Waals surface area (Å²) < 4.78 is 5.25. The molecule has 0 unspecified atom stereocenters. The smallest absolute Gasteiger partial charge is 0.131 e. The third kappa shape index (κ3) is 2.46. The van der Waals surface area contributed by atoms with E-state index in [0.717, 1.165) is 45.1 Å². The summed E-state index contributed by atoms with van der Waals surface area (Å²) in [5, 5.41) is 0.583. The number of aromatic nitrogens is 1. The topological polar surface area (TPSA) is 28.6 Å². The predicted octanol–water partition coefficient (Wildman–Crippen LogP) is 1.56. The van der Waals surface area contributed by atoms with Gasteiger partial charge in [-0.25, -0.2) is 4.98 Å². The number of anilines is 1. The van der Waals surface area contributed by atoms with Gasteiger partial charge in [0.15, 0.2) is 0 Å². The lowest BCUT2D eigenvalue weighted by Crippen LogP contribution is -2.56. The molecule has 0 amide bonds. The second-order valence-electron chi connectivity index (χ2n) is 5.00. The Morgan fingerprint density at radius 2 is 1.94 bits per heavy atom. The molecule has 2 aliphatic rings. The Labute approximate surface area is 112 Å². The van der Waals surface area contributed by atoms with Crippen molar-refractivity contribution in [3.8, 4) is 0 Å². The molecule has 0 radical (unpaired) electrons. The maximum Gasteiger partial charge on any atom is 0.131 e. The third-order valence-electron chi connectivity index (χ3n) is 3.72. The van der Waals surface area contributed by atoms with Crippen molar-refractivity contribution in [3.63, 3.8) is 0 Å². The van der Waals surface area contributed by atoms with Gasteiger partial charge < -0.3 is 9.64 Å². The van der Waals surface area contributed by atoms with E-state index in [-0.39, 0.29) is 0 Å². The van der Waals surface area contributed by atoms with E-state index in [0.29, 0.717) is 11.2 Å². The largest absolute Gasteiger partial charge is 0.378 e. The minimum Gasteiger partial charge on any atom is -0.378 e. The quantitative estimate of drug-likeness (QED) is 0.761. The Hall–Kier alpha value is -0.840. The van der Waals surface area contributed by atoms with Crippen LogP contribution in [0.15, 0.2) is 12.1 Å². The fraction of sp³-hybridized carbons (Fsp3) is 0.615. The Bertz CT molecular complexity index is 408. The van der Waals surface area contributed by atoms with Crippen LogP contribution in [-0.2, 0) is 4.74 Å². The molecule has 3 heterocycles. The van der Waals surface area contributed by atoms with E-state index in [4.69, 9.17) is 16.3 Å². The molecule has 18 heavy (non-hydrogen) atoms. The van der Waals surface area contributed by atoms with E-state index in [1.165, 1.54) is 5.69 Å². The van der Waals surface area contributed by atoms with Crippen LogP contribution in [0.4, 0.5) is 5.69 Å². The van der Waals surface area contributed by atoms with E-state index in [9.17, 15) is 0 Å². The summed E-state index contributed by atoms with van der Waals surface area (Å²) in [4.78, 5) is 9.12. The molecule has 0 aliphatic carbocycles. The lowest BCUT2D eigenvalue weighted by molar-refractivity contribution is -0.0660. The summed E-state index contributed by atoms with van der Waals surface area (Å²) in [7, 11) is 0. The second-order valence-corrected chi connectivity index (χ2v) is 5.39. The Kier molecular flexibility index (Phi) is 3.41. The number of aryl methyl sites for hydroxylation is 1. The maximum atomic E-state index is 6.02. The lowest BCUT2D eigenvalue weighted by Gasteiger charge is -2.43. The van der Waals surface area contributed by atoms with Gasteiger partial charge in [0.05, 0.1) is 19.3 Å². The van der Waals surface area contributed by atoms with Gasteiger partial charge in [-0.3, -0.25) is 4.90 Å². The fourth-order valence-corrected chi connectivity index (χ4v) is 2.82. The highest BCUT2D eigenvalue weighted by atomic mass is 35.5. The molecular formula is C13H18ClN3O. The molecule has 0 spiro atoms. The molecule has 0 saturated carbocycles. The van der Waals surface area contributed by atoms with Crippen molar-refractivity contribution in [1.82, 2.24) is 9.88 Å². The molecule has 3 rings (SSSR count). The number of ether oxygens (including phenoxy) is 1. The first kappa shape index (κ1) is 12.2. The van der Waals surface area contributed by atoms with Crippen LogP contribution < -0.4 is 4.90 Å². The average Bonchev–Trinajstić information content (AvgIpc) is 2.26. The van der Waals surface area contributed by atoms with Crippen LogP contribution in [0.2, 0.25) is 5.15 Å². The number of hydrogen-bond acceptors (Lipinski definition) is 4. The number of rotatable bonds is 2. The minimum atomic E-state index is 0.583. The molecule has 0 N–H and O–H groups in total. The normalized spacial score (nSPS) is 22.0. The van der Waals surface area contributed by atoms with E-state index in [1.54, 1.807) is 0 Å². The first-order valence-electron chi connectivity index (χ1n) is 6.43.